The Labute approximate surface area is 107 Å². The van der Waals surface area contributed by atoms with Crippen LogP contribution in [0.1, 0.15) is 18.9 Å². The number of aliphatic carboxylic acids is 1. The predicted molar refractivity (Wildman–Crippen MR) is 68.8 cm³/mol. The van der Waals surface area contributed by atoms with Crippen LogP contribution < -0.4 is 10.5 Å². The van der Waals surface area contributed by atoms with Crippen LogP contribution in [0, 0.1) is 0 Å². The second-order valence-corrected chi connectivity index (χ2v) is 3.66. The van der Waals surface area contributed by atoms with Gasteiger partial charge in [-0.15, -0.1) is 12.4 Å². The van der Waals surface area contributed by atoms with E-state index in [0.717, 1.165) is 12.0 Å². The molecule has 1 rings (SSSR count). The third-order valence-corrected chi connectivity index (χ3v) is 2.33. The van der Waals surface area contributed by atoms with E-state index in [-0.39, 0.29) is 25.1 Å². The standard InChI is InChI=1S/C12H17NO3.ClH/c1-2-10(13)7-9-5-3-4-6-11(9)16-8-12(14)15;/h3-6,10H,2,7-8,13H2,1H3,(H,14,15);1H. The minimum Gasteiger partial charge on any atom is -0.482 e. The lowest BCUT2D eigenvalue weighted by molar-refractivity contribution is -0.139. The number of para-hydroxylation sites is 1. The summed E-state index contributed by atoms with van der Waals surface area (Å²) in [5.41, 5.74) is 6.81. The van der Waals surface area contributed by atoms with Crippen LogP contribution >= 0.6 is 12.4 Å². The first-order valence-electron chi connectivity index (χ1n) is 5.31. The van der Waals surface area contributed by atoms with Crippen molar-refractivity contribution in [3.05, 3.63) is 29.8 Å². The van der Waals surface area contributed by atoms with Crippen molar-refractivity contribution >= 4 is 18.4 Å². The number of carbonyl (C=O) groups is 1. The lowest BCUT2D eigenvalue weighted by Gasteiger charge is -2.13. The second kappa shape index (κ2) is 7.92. The monoisotopic (exact) mass is 259 g/mol. The fourth-order valence-electron chi connectivity index (χ4n) is 1.38. The Hall–Kier alpha value is -1.26. The zero-order valence-corrected chi connectivity index (χ0v) is 10.6. The average Bonchev–Trinajstić information content (AvgIpc) is 2.27. The van der Waals surface area contributed by atoms with Gasteiger partial charge in [-0.3, -0.25) is 0 Å². The molecule has 1 atom stereocenters. The number of rotatable bonds is 6. The van der Waals surface area contributed by atoms with E-state index in [0.29, 0.717) is 12.2 Å². The van der Waals surface area contributed by atoms with Crippen LogP contribution in [-0.4, -0.2) is 23.7 Å². The largest absolute Gasteiger partial charge is 0.482 e. The summed E-state index contributed by atoms with van der Waals surface area (Å²) in [6.45, 7) is 1.70. The van der Waals surface area contributed by atoms with E-state index in [4.69, 9.17) is 15.6 Å². The molecule has 5 heteroatoms. The van der Waals surface area contributed by atoms with Crippen LogP contribution in [0.5, 0.6) is 5.75 Å². The number of carboxylic acids is 1. The van der Waals surface area contributed by atoms with Crippen LogP contribution in [0.2, 0.25) is 0 Å². The molecule has 0 aliphatic carbocycles. The maximum Gasteiger partial charge on any atom is 0.341 e. The minimum absolute atomic E-state index is 0. The molecule has 96 valence electrons. The van der Waals surface area contributed by atoms with Gasteiger partial charge in [-0.1, -0.05) is 25.1 Å². The van der Waals surface area contributed by atoms with Gasteiger partial charge in [0.2, 0.25) is 0 Å². The number of hydrogen-bond donors (Lipinski definition) is 2. The highest BCUT2D eigenvalue weighted by Crippen LogP contribution is 2.19. The Balaban J connectivity index is 0.00000256. The summed E-state index contributed by atoms with van der Waals surface area (Å²) in [6.07, 6.45) is 1.58. The summed E-state index contributed by atoms with van der Waals surface area (Å²) in [6, 6.07) is 7.46. The van der Waals surface area contributed by atoms with Crippen molar-refractivity contribution in [2.45, 2.75) is 25.8 Å². The van der Waals surface area contributed by atoms with E-state index in [1.54, 1.807) is 6.07 Å². The van der Waals surface area contributed by atoms with Crippen LogP contribution in [0.25, 0.3) is 0 Å². The number of benzene rings is 1. The molecule has 1 unspecified atom stereocenters. The van der Waals surface area contributed by atoms with E-state index < -0.39 is 5.97 Å². The Bertz CT molecular complexity index is 357. The first kappa shape index (κ1) is 15.7. The minimum atomic E-state index is -0.977. The molecule has 0 spiro atoms. The van der Waals surface area contributed by atoms with Gasteiger partial charge >= 0.3 is 5.97 Å². The Kier molecular flexibility index (Phi) is 7.34. The molecule has 0 bridgehead atoms. The van der Waals surface area contributed by atoms with Crippen molar-refractivity contribution < 1.29 is 14.6 Å². The molecule has 17 heavy (non-hydrogen) atoms. The third-order valence-electron chi connectivity index (χ3n) is 2.33. The summed E-state index contributed by atoms with van der Waals surface area (Å²) < 4.78 is 5.19. The van der Waals surface area contributed by atoms with E-state index in [2.05, 4.69) is 0 Å². The molecular formula is C12H18ClNO3. The Morgan fingerprint density at radius 2 is 2.12 bits per heavy atom. The van der Waals surface area contributed by atoms with Crippen molar-refractivity contribution in [3.63, 3.8) is 0 Å². The molecule has 0 saturated carbocycles. The number of hydrogen-bond acceptors (Lipinski definition) is 3. The molecule has 0 radical (unpaired) electrons. The molecule has 0 aliphatic heterocycles. The van der Waals surface area contributed by atoms with E-state index in [1.807, 2.05) is 25.1 Å². The Morgan fingerprint density at radius 1 is 1.47 bits per heavy atom. The molecule has 0 heterocycles. The lowest BCUT2D eigenvalue weighted by atomic mass is 10.0. The molecule has 0 saturated heterocycles. The zero-order valence-electron chi connectivity index (χ0n) is 9.76. The second-order valence-electron chi connectivity index (χ2n) is 3.66. The van der Waals surface area contributed by atoms with Gasteiger partial charge in [-0.05, 0) is 24.5 Å². The molecule has 0 aromatic heterocycles. The third kappa shape index (κ3) is 5.56. The van der Waals surface area contributed by atoms with Gasteiger partial charge in [-0.25, -0.2) is 4.79 Å². The molecule has 0 fully saturated rings. The van der Waals surface area contributed by atoms with E-state index in [9.17, 15) is 4.79 Å². The number of halogens is 1. The molecular weight excluding hydrogens is 242 g/mol. The Morgan fingerprint density at radius 3 is 2.71 bits per heavy atom. The normalized spacial score (nSPS) is 11.4. The van der Waals surface area contributed by atoms with Crippen LogP contribution in [0.4, 0.5) is 0 Å². The van der Waals surface area contributed by atoms with Crippen molar-refractivity contribution in [2.24, 2.45) is 5.73 Å². The van der Waals surface area contributed by atoms with Gasteiger partial charge in [-0.2, -0.15) is 0 Å². The highest BCUT2D eigenvalue weighted by atomic mass is 35.5. The summed E-state index contributed by atoms with van der Waals surface area (Å²) in [4.78, 5) is 10.4. The van der Waals surface area contributed by atoms with Crippen LogP contribution in [0.3, 0.4) is 0 Å². The number of ether oxygens (including phenoxy) is 1. The topological polar surface area (TPSA) is 72.5 Å². The maximum absolute atomic E-state index is 10.4. The van der Waals surface area contributed by atoms with Crippen molar-refractivity contribution in [1.82, 2.24) is 0 Å². The van der Waals surface area contributed by atoms with E-state index >= 15 is 0 Å². The zero-order chi connectivity index (χ0) is 12.0. The summed E-state index contributed by atoms with van der Waals surface area (Å²) >= 11 is 0. The summed E-state index contributed by atoms with van der Waals surface area (Å²) in [5.74, 6) is -0.372. The van der Waals surface area contributed by atoms with Gasteiger partial charge in [0.25, 0.3) is 0 Å². The SMILES string of the molecule is CCC(N)Cc1ccccc1OCC(=O)O.Cl. The van der Waals surface area contributed by atoms with Gasteiger partial charge in [0.1, 0.15) is 5.75 Å². The number of carboxylic acid groups (broad SMARTS) is 1. The molecule has 0 amide bonds. The highest BCUT2D eigenvalue weighted by Gasteiger charge is 2.08. The van der Waals surface area contributed by atoms with Gasteiger partial charge in [0, 0.05) is 6.04 Å². The fourth-order valence-corrected chi connectivity index (χ4v) is 1.38. The summed E-state index contributed by atoms with van der Waals surface area (Å²) in [7, 11) is 0. The molecule has 0 aliphatic rings. The first-order chi connectivity index (χ1) is 7.63. The smallest absolute Gasteiger partial charge is 0.341 e. The van der Waals surface area contributed by atoms with Gasteiger partial charge in [0.15, 0.2) is 6.61 Å². The fraction of sp³-hybridized carbons (Fsp3) is 0.417. The van der Waals surface area contributed by atoms with Crippen molar-refractivity contribution in [3.8, 4) is 5.75 Å². The first-order valence-corrected chi connectivity index (χ1v) is 5.31. The molecule has 1 aromatic rings. The van der Waals surface area contributed by atoms with Gasteiger partial charge < -0.3 is 15.6 Å². The molecule has 1 aromatic carbocycles. The molecule has 4 nitrogen and oxygen atoms in total. The van der Waals surface area contributed by atoms with E-state index in [1.165, 1.54) is 0 Å². The van der Waals surface area contributed by atoms with Gasteiger partial charge in [0.05, 0.1) is 0 Å². The highest BCUT2D eigenvalue weighted by molar-refractivity contribution is 5.85. The van der Waals surface area contributed by atoms with Crippen LogP contribution in [-0.2, 0) is 11.2 Å². The summed E-state index contributed by atoms with van der Waals surface area (Å²) in [5, 5.41) is 8.54. The molecule has 3 N–H and O–H groups in total. The average molecular weight is 260 g/mol. The lowest BCUT2D eigenvalue weighted by Crippen LogP contribution is -2.22. The quantitative estimate of drug-likeness (QED) is 0.818. The maximum atomic E-state index is 10.4. The predicted octanol–water partition coefficient (Wildman–Crippen LogP) is 1.85. The van der Waals surface area contributed by atoms with Crippen molar-refractivity contribution in [1.29, 1.82) is 0 Å². The van der Waals surface area contributed by atoms with Crippen molar-refractivity contribution in [2.75, 3.05) is 6.61 Å². The van der Waals surface area contributed by atoms with Crippen LogP contribution in [0.15, 0.2) is 24.3 Å². The number of nitrogens with two attached hydrogens (primary N) is 1.